The number of ether oxygens (including phenoxy) is 1. The molecule has 0 aliphatic rings. The number of carbonyl (C=O) groups excluding carboxylic acids is 1. The first-order chi connectivity index (χ1) is 12.5. The Morgan fingerprint density at radius 2 is 2.00 bits per heavy atom. The van der Waals surface area contributed by atoms with Crippen LogP contribution in [-0.2, 0) is 11.4 Å². The van der Waals surface area contributed by atoms with E-state index in [1.165, 1.54) is 5.56 Å². The Balaban J connectivity index is 2.01. The molecule has 1 amide bonds. The zero-order valence-corrected chi connectivity index (χ0v) is 15.5. The van der Waals surface area contributed by atoms with Crippen molar-refractivity contribution >= 4 is 12.0 Å². The zero-order chi connectivity index (χ0) is 18.9. The maximum atomic E-state index is 12.1. The van der Waals surface area contributed by atoms with Crippen molar-refractivity contribution in [1.29, 1.82) is 5.26 Å². The zero-order valence-electron chi connectivity index (χ0n) is 15.5. The molecule has 0 bridgehead atoms. The molecular weight excluding hydrogens is 324 g/mol. The van der Waals surface area contributed by atoms with Gasteiger partial charge in [-0.25, -0.2) is 0 Å². The van der Waals surface area contributed by atoms with Gasteiger partial charge in [0.1, 0.15) is 24.0 Å². The molecular formula is C22H24N2O2. The average Bonchev–Trinajstić information content (AvgIpc) is 2.65. The Morgan fingerprint density at radius 1 is 1.27 bits per heavy atom. The fourth-order valence-corrected chi connectivity index (χ4v) is 2.35. The van der Waals surface area contributed by atoms with Crippen molar-refractivity contribution in [1.82, 2.24) is 5.32 Å². The van der Waals surface area contributed by atoms with Crippen molar-refractivity contribution in [3.8, 4) is 11.8 Å². The van der Waals surface area contributed by atoms with Gasteiger partial charge in [0, 0.05) is 6.04 Å². The molecule has 2 aromatic rings. The summed E-state index contributed by atoms with van der Waals surface area (Å²) in [6, 6.07) is 17.5. The number of hydrogen-bond acceptors (Lipinski definition) is 3. The van der Waals surface area contributed by atoms with Crippen molar-refractivity contribution in [2.45, 2.75) is 39.8 Å². The van der Waals surface area contributed by atoms with Gasteiger partial charge in [-0.05, 0) is 49.6 Å². The second kappa shape index (κ2) is 9.43. The third-order valence-corrected chi connectivity index (χ3v) is 4.03. The minimum Gasteiger partial charge on any atom is -0.489 e. The number of rotatable bonds is 7. The maximum Gasteiger partial charge on any atom is 0.262 e. The Kier molecular flexibility index (Phi) is 6.99. The molecule has 0 fully saturated rings. The van der Waals surface area contributed by atoms with E-state index in [1.54, 1.807) is 6.08 Å². The number of nitriles is 1. The van der Waals surface area contributed by atoms with Crippen LogP contribution in [0, 0.1) is 18.3 Å². The monoisotopic (exact) mass is 348 g/mol. The van der Waals surface area contributed by atoms with Crippen molar-refractivity contribution in [2.24, 2.45) is 0 Å². The fourth-order valence-electron chi connectivity index (χ4n) is 2.35. The van der Waals surface area contributed by atoms with Crippen molar-refractivity contribution in [3.05, 3.63) is 70.8 Å². The first kappa shape index (κ1) is 19.3. The smallest absolute Gasteiger partial charge is 0.262 e. The van der Waals surface area contributed by atoms with Gasteiger partial charge >= 0.3 is 0 Å². The van der Waals surface area contributed by atoms with Gasteiger partial charge in [-0.15, -0.1) is 0 Å². The first-order valence-corrected chi connectivity index (χ1v) is 8.73. The molecule has 0 saturated carbocycles. The molecule has 0 saturated heterocycles. The van der Waals surface area contributed by atoms with E-state index >= 15 is 0 Å². The number of nitrogens with one attached hydrogen (secondary N) is 1. The van der Waals surface area contributed by atoms with E-state index in [4.69, 9.17) is 4.74 Å². The normalized spacial score (nSPS) is 12.2. The summed E-state index contributed by atoms with van der Waals surface area (Å²) < 4.78 is 5.78. The Bertz CT molecular complexity index is 817. The van der Waals surface area contributed by atoms with Crippen LogP contribution in [0.4, 0.5) is 0 Å². The number of benzene rings is 2. The minimum absolute atomic E-state index is 0.0386. The molecule has 0 radical (unpaired) electrons. The predicted octanol–water partition coefficient (Wildman–Crippen LogP) is 4.40. The fraction of sp³-hybridized carbons (Fsp3) is 0.273. The molecule has 0 aliphatic heterocycles. The van der Waals surface area contributed by atoms with E-state index in [9.17, 15) is 10.1 Å². The van der Waals surface area contributed by atoms with Crippen LogP contribution in [0.1, 0.15) is 37.0 Å². The molecule has 0 aliphatic carbocycles. The van der Waals surface area contributed by atoms with Gasteiger partial charge in [0.25, 0.3) is 5.91 Å². The molecule has 0 unspecified atom stereocenters. The molecule has 1 atom stereocenters. The molecule has 4 heteroatoms. The summed E-state index contributed by atoms with van der Waals surface area (Å²) in [4.78, 5) is 12.1. The van der Waals surface area contributed by atoms with E-state index in [0.29, 0.717) is 6.61 Å². The predicted molar refractivity (Wildman–Crippen MR) is 103 cm³/mol. The van der Waals surface area contributed by atoms with Gasteiger partial charge in [0.05, 0.1) is 0 Å². The third-order valence-electron chi connectivity index (χ3n) is 4.03. The van der Waals surface area contributed by atoms with Crippen LogP contribution in [0.15, 0.2) is 54.1 Å². The number of carbonyl (C=O) groups is 1. The van der Waals surface area contributed by atoms with Gasteiger partial charge in [0.2, 0.25) is 0 Å². The largest absolute Gasteiger partial charge is 0.489 e. The van der Waals surface area contributed by atoms with Gasteiger partial charge < -0.3 is 10.1 Å². The lowest BCUT2D eigenvalue weighted by atomic mass is 10.1. The molecule has 2 aromatic carbocycles. The summed E-state index contributed by atoms with van der Waals surface area (Å²) in [7, 11) is 0. The van der Waals surface area contributed by atoms with Crippen LogP contribution < -0.4 is 10.1 Å². The number of nitrogens with zero attached hydrogens (tertiary/aromatic N) is 1. The van der Waals surface area contributed by atoms with Crippen LogP contribution in [0.3, 0.4) is 0 Å². The standard InChI is InChI=1S/C22H24N2O2/c1-4-17(3)24-22(25)20(14-23)13-18-8-10-21(11-9-18)26-15-19-7-5-6-16(2)12-19/h5-13,17H,4,15H2,1-3H3,(H,24,25)/b20-13+/t17-/m0/s1. The number of amides is 1. The lowest BCUT2D eigenvalue weighted by Gasteiger charge is -2.10. The molecule has 0 heterocycles. The van der Waals surface area contributed by atoms with Crippen LogP contribution in [0.5, 0.6) is 5.75 Å². The SMILES string of the molecule is CC[C@H](C)NC(=O)/C(C#N)=C/c1ccc(OCc2cccc(C)c2)cc1. The van der Waals surface area contributed by atoms with Crippen LogP contribution in [0.25, 0.3) is 6.08 Å². The summed E-state index contributed by atoms with van der Waals surface area (Å²) in [5.74, 6) is 0.396. The van der Waals surface area contributed by atoms with Crippen LogP contribution in [-0.4, -0.2) is 11.9 Å². The quantitative estimate of drug-likeness (QED) is 0.596. The highest BCUT2D eigenvalue weighted by Gasteiger charge is 2.11. The van der Waals surface area contributed by atoms with Gasteiger partial charge in [-0.1, -0.05) is 48.9 Å². The van der Waals surface area contributed by atoms with Crippen molar-refractivity contribution < 1.29 is 9.53 Å². The highest BCUT2D eigenvalue weighted by Crippen LogP contribution is 2.16. The van der Waals surface area contributed by atoms with E-state index in [-0.39, 0.29) is 17.5 Å². The van der Waals surface area contributed by atoms with Crippen LogP contribution >= 0.6 is 0 Å². The summed E-state index contributed by atoms with van der Waals surface area (Å²) in [6.07, 6.45) is 2.40. The second-order valence-corrected chi connectivity index (χ2v) is 6.30. The number of hydrogen-bond donors (Lipinski definition) is 1. The molecule has 0 spiro atoms. The Hall–Kier alpha value is -3.06. The lowest BCUT2D eigenvalue weighted by molar-refractivity contribution is -0.117. The molecule has 2 rings (SSSR count). The van der Waals surface area contributed by atoms with Crippen molar-refractivity contribution in [2.75, 3.05) is 0 Å². The van der Waals surface area contributed by atoms with Crippen molar-refractivity contribution in [3.63, 3.8) is 0 Å². The average molecular weight is 348 g/mol. The van der Waals surface area contributed by atoms with Gasteiger partial charge in [-0.2, -0.15) is 5.26 Å². The van der Waals surface area contributed by atoms with E-state index in [1.807, 2.05) is 56.3 Å². The Morgan fingerprint density at radius 3 is 2.62 bits per heavy atom. The summed E-state index contributed by atoms with van der Waals surface area (Å²) in [6.45, 7) is 6.44. The molecule has 26 heavy (non-hydrogen) atoms. The lowest BCUT2D eigenvalue weighted by Crippen LogP contribution is -2.32. The van der Waals surface area contributed by atoms with Gasteiger partial charge in [-0.3, -0.25) is 4.79 Å². The number of aryl methyl sites for hydroxylation is 1. The summed E-state index contributed by atoms with van der Waals surface area (Å²) >= 11 is 0. The molecule has 4 nitrogen and oxygen atoms in total. The molecule has 1 N–H and O–H groups in total. The summed E-state index contributed by atoms with van der Waals surface area (Å²) in [5, 5.41) is 12.0. The highest BCUT2D eigenvalue weighted by molar-refractivity contribution is 6.01. The first-order valence-electron chi connectivity index (χ1n) is 8.73. The van der Waals surface area contributed by atoms with Crippen LogP contribution in [0.2, 0.25) is 0 Å². The topological polar surface area (TPSA) is 62.1 Å². The maximum absolute atomic E-state index is 12.1. The Labute approximate surface area is 155 Å². The van der Waals surface area contributed by atoms with E-state index in [0.717, 1.165) is 23.3 Å². The summed E-state index contributed by atoms with van der Waals surface area (Å²) in [5.41, 5.74) is 3.19. The minimum atomic E-state index is -0.346. The third kappa shape index (κ3) is 5.78. The van der Waals surface area contributed by atoms with Gasteiger partial charge in [0.15, 0.2) is 0 Å². The molecule has 0 aromatic heterocycles. The van der Waals surface area contributed by atoms with E-state index < -0.39 is 0 Å². The van der Waals surface area contributed by atoms with E-state index in [2.05, 4.69) is 24.4 Å². The highest BCUT2D eigenvalue weighted by atomic mass is 16.5. The molecule has 134 valence electrons. The second-order valence-electron chi connectivity index (χ2n) is 6.30.